The second-order valence-corrected chi connectivity index (χ2v) is 7.98. The number of hydrogen-bond donors (Lipinski definition) is 2. The highest BCUT2D eigenvalue weighted by Crippen LogP contribution is 2.28. The molecule has 0 aromatic heterocycles. The molecule has 0 radical (unpaired) electrons. The molecule has 1 amide bonds. The van der Waals surface area contributed by atoms with Gasteiger partial charge in [-0.05, 0) is 44.4 Å². The van der Waals surface area contributed by atoms with Crippen LogP contribution in [0.5, 0.6) is 5.75 Å². The summed E-state index contributed by atoms with van der Waals surface area (Å²) in [5.74, 6) is 2.04. The maximum atomic E-state index is 12.3. The Balaban J connectivity index is 1.41. The summed E-state index contributed by atoms with van der Waals surface area (Å²) < 4.78 is 5.98. The molecule has 7 nitrogen and oxygen atoms in total. The van der Waals surface area contributed by atoms with Gasteiger partial charge in [0.2, 0.25) is 5.91 Å². The minimum Gasteiger partial charge on any atom is -0.488 e. The van der Waals surface area contributed by atoms with Crippen molar-refractivity contribution in [1.29, 1.82) is 0 Å². The third-order valence-corrected chi connectivity index (χ3v) is 5.52. The van der Waals surface area contributed by atoms with Gasteiger partial charge >= 0.3 is 0 Å². The number of likely N-dealkylation sites (N-methyl/N-ethyl adjacent to an activating group) is 1. The van der Waals surface area contributed by atoms with E-state index >= 15 is 0 Å². The molecule has 160 valence electrons. The minimum absolute atomic E-state index is 0.0491. The Labute approximate surface area is 174 Å². The van der Waals surface area contributed by atoms with Crippen LogP contribution in [0.15, 0.2) is 29.3 Å². The molecule has 0 saturated carbocycles. The first-order valence-corrected chi connectivity index (χ1v) is 10.8. The minimum atomic E-state index is 0.0491. The maximum Gasteiger partial charge on any atom is 0.239 e. The molecule has 29 heavy (non-hydrogen) atoms. The number of hydrogen-bond acceptors (Lipinski definition) is 4. The topological polar surface area (TPSA) is 69.2 Å². The van der Waals surface area contributed by atoms with E-state index in [9.17, 15) is 4.79 Å². The van der Waals surface area contributed by atoms with Crippen molar-refractivity contribution in [2.75, 3.05) is 46.8 Å². The highest BCUT2D eigenvalue weighted by atomic mass is 16.5. The van der Waals surface area contributed by atoms with E-state index in [4.69, 9.17) is 9.73 Å². The number of rotatable bonds is 8. The van der Waals surface area contributed by atoms with Crippen LogP contribution >= 0.6 is 0 Å². The van der Waals surface area contributed by atoms with E-state index in [0.717, 1.165) is 63.6 Å². The smallest absolute Gasteiger partial charge is 0.239 e. The van der Waals surface area contributed by atoms with E-state index in [1.165, 1.54) is 5.56 Å². The average molecular weight is 402 g/mol. The van der Waals surface area contributed by atoms with Crippen molar-refractivity contribution in [2.45, 2.75) is 44.8 Å². The molecule has 0 aliphatic carbocycles. The van der Waals surface area contributed by atoms with Crippen LogP contribution < -0.4 is 15.4 Å². The molecule has 1 fully saturated rings. The number of ether oxygens (including phenoxy) is 1. The SMILES string of the molecule is CCNC(=NCC1Cc2ccccc2O1)NCCCN1CCCC1C(=O)N(C)C. The van der Waals surface area contributed by atoms with E-state index in [1.807, 2.05) is 26.2 Å². The van der Waals surface area contributed by atoms with Crippen LogP contribution in [0.3, 0.4) is 0 Å². The number of carbonyl (C=O) groups is 1. The van der Waals surface area contributed by atoms with Gasteiger partial charge in [0.1, 0.15) is 11.9 Å². The maximum absolute atomic E-state index is 12.3. The molecular formula is C22H35N5O2. The molecule has 2 atom stereocenters. The Bertz CT molecular complexity index is 681. The van der Waals surface area contributed by atoms with Crippen molar-refractivity contribution in [3.05, 3.63) is 29.8 Å². The zero-order valence-electron chi connectivity index (χ0n) is 18.0. The van der Waals surface area contributed by atoms with E-state index in [2.05, 4.69) is 34.6 Å². The molecule has 2 unspecified atom stereocenters. The fourth-order valence-electron chi connectivity index (χ4n) is 4.05. The molecule has 0 spiro atoms. The Kier molecular flexibility index (Phi) is 7.75. The summed E-state index contributed by atoms with van der Waals surface area (Å²) in [7, 11) is 3.68. The first-order valence-electron chi connectivity index (χ1n) is 10.8. The number of benzene rings is 1. The zero-order valence-corrected chi connectivity index (χ0v) is 18.0. The van der Waals surface area contributed by atoms with Crippen LogP contribution in [-0.4, -0.2) is 80.6 Å². The number of carbonyl (C=O) groups excluding carboxylic acids is 1. The van der Waals surface area contributed by atoms with Gasteiger partial charge in [-0.25, -0.2) is 4.99 Å². The molecular weight excluding hydrogens is 366 g/mol. The number of nitrogens with one attached hydrogen (secondary N) is 2. The van der Waals surface area contributed by atoms with Gasteiger partial charge in [-0.1, -0.05) is 18.2 Å². The molecule has 3 rings (SSSR count). The molecule has 2 aliphatic rings. The van der Waals surface area contributed by atoms with Crippen LogP contribution in [0.4, 0.5) is 0 Å². The van der Waals surface area contributed by atoms with Gasteiger partial charge in [-0.15, -0.1) is 0 Å². The monoisotopic (exact) mass is 401 g/mol. The Morgan fingerprint density at radius 1 is 1.31 bits per heavy atom. The largest absolute Gasteiger partial charge is 0.488 e. The van der Waals surface area contributed by atoms with Crippen molar-refractivity contribution in [1.82, 2.24) is 20.4 Å². The summed E-state index contributed by atoms with van der Waals surface area (Å²) in [4.78, 5) is 21.0. The Hall–Kier alpha value is -2.28. The average Bonchev–Trinajstić information content (AvgIpc) is 3.34. The number of aliphatic imine (C=N–C) groups is 1. The lowest BCUT2D eigenvalue weighted by Crippen LogP contribution is -2.44. The fourth-order valence-corrected chi connectivity index (χ4v) is 4.05. The quantitative estimate of drug-likeness (QED) is 0.392. The van der Waals surface area contributed by atoms with Crippen LogP contribution in [-0.2, 0) is 11.2 Å². The zero-order chi connectivity index (χ0) is 20.6. The van der Waals surface area contributed by atoms with Crippen LogP contribution in [0, 0.1) is 0 Å². The summed E-state index contributed by atoms with van der Waals surface area (Å²) in [5.41, 5.74) is 1.26. The van der Waals surface area contributed by atoms with Gasteiger partial charge in [0, 0.05) is 40.2 Å². The molecule has 0 bridgehead atoms. The lowest BCUT2D eigenvalue weighted by atomic mass is 10.1. The van der Waals surface area contributed by atoms with Crippen molar-refractivity contribution in [3.63, 3.8) is 0 Å². The molecule has 2 N–H and O–H groups in total. The third kappa shape index (κ3) is 5.85. The van der Waals surface area contributed by atoms with Gasteiger partial charge in [0.15, 0.2) is 5.96 Å². The highest BCUT2D eigenvalue weighted by Gasteiger charge is 2.31. The standard InChI is InChI=1S/C22H35N5O2/c1-4-23-22(25-16-18-15-17-9-5-6-11-20(17)29-18)24-12-8-14-27-13-7-10-19(27)21(28)26(2)3/h5-6,9,11,18-19H,4,7-8,10,12-16H2,1-3H3,(H2,23,24,25). The number of nitrogens with zero attached hydrogens (tertiary/aromatic N) is 3. The highest BCUT2D eigenvalue weighted by molar-refractivity contribution is 5.81. The van der Waals surface area contributed by atoms with E-state index in [0.29, 0.717) is 6.54 Å². The lowest BCUT2D eigenvalue weighted by Gasteiger charge is -2.26. The fraction of sp³-hybridized carbons (Fsp3) is 0.636. The van der Waals surface area contributed by atoms with Crippen LogP contribution in [0.2, 0.25) is 0 Å². The summed E-state index contributed by atoms with van der Waals surface area (Å²) in [6.45, 7) is 6.30. The van der Waals surface area contributed by atoms with Gasteiger partial charge in [0.05, 0.1) is 12.6 Å². The van der Waals surface area contributed by atoms with Gasteiger partial charge in [-0.2, -0.15) is 0 Å². The number of fused-ring (bicyclic) bond motifs is 1. The number of likely N-dealkylation sites (tertiary alicyclic amines) is 1. The van der Waals surface area contributed by atoms with E-state index in [1.54, 1.807) is 4.90 Å². The van der Waals surface area contributed by atoms with Gasteiger partial charge in [0.25, 0.3) is 0 Å². The number of para-hydroxylation sites is 1. The first-order chi connectivity index (χ1) is 14.1. The summed E-state index contributed by atoms with van der Waals surface area (Å²) in [6, 6.07) is 8.25. The van der Waals surface area contributed by atoms with Crippen molar-refractivity contribution in [2.24, 2.45) is 4.99 Å². The van der Waals surface area contributed by atoms with Gasteiger partial charge in [-0.3, -0.25) is 9.69 Å². The first kappa shape index (κ1) is 21.4. The van der Waals surface area contributed by atoms with Crippen molar-refractivity contribution in [3.8, 4) is 5.75 Å². The van der Waals surface area contributed by atoms with Crippen LogP contribution in [0.25, 0.3) is 0 Å². The predicted octanol–water partition coefficient (Wildman–Crippen LogP) is 1.49. The molecule has 1 aromatic carbocycles. The second-order valence-electron chi connectivity index (χ2n) is 7.98. The summed E-state index contributed by atoms with van der Waals surface area (Å²) >= 11 is 0. The molecule has 1 saturated heterocycles. The number of guanidine groups is 1. The normalized spacial score (nSPS) is 21.6. The van der Waals surface area contributed by atoms with Crippen LogP contribution in [0.1, 0.15) is 31.7 Å². The Morgan fingerprint density at radius 2 is 2.14 bits per heavy atom. The lowest BCUT2D eigenvalue weighted by molar-refractivity contribution is -0.133. The van der Waals surface area contributed by atoms with Gasteiger partial charge < -0.3 is 20.3 Å². The summed E-state index contributed by atoms with van der Waals surface area (Å²) in [5, 5.41) is 6.72. The molecule has 7 heteroatoms. The molecule has 2 heterocycles. The van der Waals surface area contributed by atoms with E-state index < -0.39 is 0 Å². The second kappa shape index (κ2) is 10.5. The molecule has 2 aliphatic heterocycles. The summed E-state index contributed by atoms with van der Waals surface area (Å²) in [6.07, 6.45) is 4.07. The number of amides is 1. The van der Waals surface area contributed by atoms with Crippen molar-refractivity contribution < 1.29 is 9.53 Å². The predicted molar refractivity (Wildman–Crippen MR) is 116 cm³/mol. The Morgan fingerprint density at radius 3 is 2.90 bits per heavy atom. The third-order valence-electron chi connectivity index (χ3n) is 5.52. The van der Waals surface area contributed by atoms with Crippen molar-refractivity contribution >= 4 is 11.9 Å². The molecule has 1 aromatic rings. The van der Waals surface area contributed by atoms with E-state index in [-0.39, 0.29) is 18.1 Å².